The molecule has 3 nitrogen and oxygen atoms in total. The third-order valence-electron chi connectivity index (χ3n) is 1.67. The van der Waals surface area contributed by atoms with Crippen molar-refractivity contribution >= 4 is 23.2 Å². The minimum atomic E-state index is -0.471. The molecule has 1 rings (SSSR count). The van der Waals surface area contributed by atoms with Gasteiger partial charge in [-0.3, -0.25) is 4.79 Å². The lowest BCUT2D eigenvalue weighted by Crippen LogP contribution is -2.26. The van der Waals surface area contributed by atoms with Crippen LogP contribution >= 0.6 is 11.6 Å². The van der Waals surface area contributed by atoms with E-state index in [1.807, 2.05) is 0 Å². The molecule has 0 aliphatic heterocycles. The molecule has 1 aromatic rings. The number of halogens is 2. The fourth-order valence-electron chi connectivity index (χ4n) is 0.924. The van der Waals surface area contributed by atoms with E-state index in [9.17, 15) is 9.18 Å². The van der Waals surface area contributed by atoms with Crippen molar-refractivity contribution in [3.05, 3.63) is 29.0 Å². The zero-order valence-corrected chi connectivity index (χ0v) is 8.36. The number of para-hydroxylation sites is 1. The molecule has 0 unspecified atom stereocenters. The van der Waals surface area contributed by atoms with Gasteiger partial charge in [-0.15, -0.1) is 0 Å². The topological polar surface area (TPSA) is 41.1 Å². The molecule has 14 heavy (non-hydrogen) atoms. The molecule has 0 bridgehead atoms. The summed E-state index contributed by atoms with van der Waals surface area (Å²) in [7, 11) is 1.51. The molecule has 0 heterocycles. The largest absolute Gasteiger partial charge is 0.373 e. The lowest BCUT2D eigenvalue weighted by atomic mass is 10.3. The molecular formula is C9H10ClFN2O. The molecule has 0 saturated carbocycles. The van der Waals surface area contributed by atoms with Crippen molar-refractivity contribution in [1.82, 2.24) is 5.32 Å². The van der Waals surface area contributed by atoms with E-state index >= 15 is 0 Å². The van der Waals surface area contributed by atoms with Crippen LogP contribution in [0, 0.1) is 5.82 Å². The number of carbonyl (C=O) groups is 1. The van der Waals surface area contributed by atoms with Crippen LogP contribution in [-0.2, 0) is 4.79 Å². The Hall–Kier alpha value is -1.29. The summed E-state index contributed by atoms with van der Waals surface area (Å²) >= 11 is 5.72. The summed E-state index contributed by atoms with van der Waals surface area (Å²) in [6.45, 7) is -0.00282. The summed E-state index contributed by atoms with van der Waals surface area (Å²) < 4.78 is 13.1. The van der Waals surface area contributed by atoms with Crippen LogP contribution in [0.1, 0.15) is 0 Å². The molecule has 0 aliphatic carbocycles. The number of rotatable bonds is 3. The predicted octanol–water partition coefficient (Wildman–Crippen LogP) is 1.64. The monoisotopic (exact) mass is 216 g/mol. The van der Waals surface area contributed by atoms with Gasteiger partial charge in [-0.25, -0.2) is 4.39 Å². The summed E-state index contributed by atoms with van der Waals surface area (Å²) in [5.41, 5.74) is 0.151. The Morgan fingerprint density at radius 1 is 1.57 bits per heavy atom. The van der Waals surface area contributed by atoms with E-state index in [2.05, 4.69) is 10.6 Å². The molecule has 0 spiro atoms. The van der Waals surface area contributed by atoms with E-state index in [1.165, 1.54) is 19.2 Å². The Bertz CT molecular complexity index is 323. The van der Waals surface area contributed by atoms with Crippen molar-refractivity contribution in [2.24, 2.45) is 0 Å². The van der Waals surface area contributed by atoms with Gasteiger partial charge in [-0.2, -0.15) is 0 Å². The number of benzene rings is 1. The zero-order valence-electron chi connectivity index (χ0n) is 7.60. The minimum Gasteiger partial charge on any atom is -0.373 e. The second kappa shape index (κ2) is 4.81. The molecule has 76 valence electrons. The maximum absolute atomic E-state index is 13.1. The van der Waals surface area contributed by atoms with E-state index in [-0.39, 0.29) is 23.2 Å². The summed E-state index contributed by atoms with van der Waals surface area (Å²) in [5, 5.41) is 5.28. The van der Waals surface area contributed by atoms with Crippen molar-refractivity contribution in [1.29, 1.82) is 0 Å². The highest BCUT2D eigenvalue weighted by molar-refractivity contribution is 6.33. The van der Waals surface area contributed by atoms with Crippen LogP contribution in [-0.4, -0.2) is 19.5 Å². The molecule has 1 amide bonds. The molecule has 0 radical (unpaired) electrons. The Kier molecular flexibility index (Phi) is 3.71. The fourth-order valence-corrected chi connectivity index (χ4v) is 1.15. The average Bonchev–Trinajstić information content (AvgIpc) is 2.16. The molecule has 1 aromatic carbocycles. The second-order valence-electron chi connectivity index (χ2n) is 2.62. The van der Waals surface area contributed by atoms with Crippen LogP contribution < -0.4 is 10.6 Å². The van der Waals surface area contributed by atoms with Crippen LogP contribution in [0.4, 0.5) is 10.1 Å². The van der Waals surface area contributed by atoms with Crippen LogP contribution in [0.15, 0.2) is 18.2 Å². The molecular weight excluding hydrogens is 207 g/mol. The summed E-state index contributed by atoms with van der Waals surface area (Å²) in [6.07, 6.45) is 0. The lowest BCUT2D eigenvalue weighted by molar-refractivity contribution is -0.118. The number of nitrogens with one attached hydrogen (secondary N) is 2. The lowest BCUT2D eigenvalue weighted by Gasteiger charge is -2.07. The molecule has 0 atom stereocenters. The summed E-state index contributed by atoms with van der Waals surface area (Å²) in [5.74, 6) is -0.703. The average molecular weight is 217 g/mol. The molecule has 5 heteroatoms. The Morgan fingerprint density at radius 3 is 2.86 bits per heavy atom. The number of carbonyl (C=O) groups excluding carboxylic acids is 1. The van der Waals surface area contributed by atoms with Crippen molar-refractivity contribution < 1.29 is 9.18 Å². The van der Waals surface area contributed by atoms with Crippen molar-refractivity contribution in [3.63, 3.8) is 0 Å². The van der Waals surface area contributed by atoms with E-state index in [0.717, 1.165) is 0 Å². The first-order chi connectivity index (χ1) is 6.65. The van der Waals surface area contributed by atoms with Gasteiger partial charge in [-0.05, 0) is 12.1 Å². The van der Waals surface area contributed by atoms with Gasteiger partial charge >= 0.3 is 0 Å². The highest BCUT2D eigenvalue weighted by Gasteiger charge is 2.06. The van der Waals surface area contributed by atoms with Gasteiger partial charge in [0.15, 0.2) is 0 Å². The molecule has 0 aromatic heterocycles. The first-order valence-electron chi connectivity index (χ1n) is 4.03. The fraction of sp³-hybridized carbons (Fsp3) is 0.222. The number of amides is 1. The minimum absolute atomic E-state index is 0.00282. The van der Waals surface area contributed by atoms with Crippen molar-refractivity contribution in [3.8, 4) is 0 Å². The van der Waals surface area contributed by atoms with Crippen molar-refractivity contribution in [2.75, 3.05) is 18.9 Å². The van der Waals surface area contributed by atoms with Gasteiger partial charge in [-0.1, -0.05) is 17.7 Å². The zero-order chi connectivity index (χ0) is 10.6. The highest BCUT2D eigenvalue weighted by atomic mass is 35.5. The molecule has 0 fully saturated rings. The van der Waals surface area contributed by atoms with Crippen molar-refractivity contribution in [2.45, 2.75) is 0 Å². The SMILES string of the molecule is CNC(=O)CNc1c(F)cccc1Cl. The van der Waals surface area contributed by atoms with E-state index in [4.69, 9.17) is 11.6 Å². The number of likely N-dealkylation sites (N-methyl/N-ethyl adjacent to an activating group) is 1. The number of hydrogen-bond donors (Lipinski definition) is 2. The third kappa shape index (κ3) is 2.60. The van der Waals surface area contributed by atoms with Crippen LogP contribution in [0.25, 0.3) is 0 Å². The highest BCUT2D eigenvalue weighted by Crippen LogP contribution is 2.23. The smallest absolute Gasteiger partial charge is 0.239 e. The van der Waals surface area contributed by atoms with Crippen LogP contribution in [0.5, 0.6) is 0 Å². The molecule has 2 N–H and O–H groups in total. The standard InChI is InChI=1S/C9H10ClFN2O/c1-12-8(14)5-13-9-6(10)3-2-4-7(9)11/h2-4,13H,5H2,1H3,(H,12,14). The Morgan fingerprint density at radius 2 is 2.29 bits per heavy atom. The van der Waals surface area contributed by atoms with E-state index < -0.39 is 5.82 Å². The maximum atomic E-state index is 13.1. The number of anilines is 1. The second-order valence-corrected chi connectivity index (χ2v) is 3.03. The maximum Gasteiger partial charge on any atom is 0.239 e. The first-order valence-corrected chi connectivity index (χ1v) is 4.41. The predicted molar refractivity (Wildman–Crippen MR) is 54.0 cm³/mol. The summed E-state index contributed by atoms with van der Waals surface area (Å²) in [6, 6.07) is 4.33. The Labute approximate surface area is 86.3 Å². The van der Waals surface area contributed by atoms with E-state index in [1.54, 1.807) is 6.07 Å². The molecule has 0 saturated heterocycles. The van der Waals surface area contributed by atoms with Gasteiger partial charge in [0.1, 0.15) is 5.82 Å². The number of hydrogen-bond acceptors (Lipinski definition) is 2. The summed E-state index contributed by atoms with van der Waals surface area (Å²) in [4.78, 5) is 10.9. The van der Waals surface area contributed by atoms with Gasteiger partial charge in [0, 0.05) is 7.05 Å². The van der Waals surface area contributed by atoms with Crippen LogP contribution in [0.2, 0.25) is 5.02 Å². The van der Waals surface area contributed by atoms with Gasteiger partial charge in [0.2, 0.25) is 5.91 Å². The van der Waals surface area contributed by atoms with Gasteiger partial charge in [0.25, 0.3) is 0 Å². The quantitative estimate of drug-likeness (QED) is 0.807. The van der Waals surface area contributed by atoms with Gasteiger partial charge in [0.05, 0.1) is 17.3 Å². The van der Waals surface area contributed by atoms with Gasteiger partial charge < -0.3 is 10.6 Å². The Balaban J connectivity index is 2.71. The third-order valence-corrected chi connectivity index (χ3v) is 1.98. The first kappa shape index (κ1) is 10.8. The normalized spacial score (nSPS) is 9.64. The van der Waals surface area contributed by atoms with Crippen LogP contribution in [0.3, 0.4) is 0 Å². The van der Waals surface area contributed by atoms with E-state index in [0.29, 0.717) is 0 Å². The molecule has 0 aliphatic rings.